The second-order valence-electron chi connectivity index (χ2n) is 5.63. The molecule has 0 unspecified atom stereocenters. The van der Waals surface area contributed by atoms with Crippen LogP contribution in [0.4, 0.5) is 0 Å². The minimum absolute atomic E-state index is 0. The Bertz CT molecular complexity index is 469. The van der Waals surface area contributed by atoms with Crippen LogP contribution in [0.15, 0.2) is 10.2 Å². The van der Waals surface area contributed by atoms with E-state index < -0.39 is 0 Å². The average molecular weight is 281 g/mol. The van der Waals surface area contributed by atoms with E-state index in [2.05, 4.69) is 42.9 Å². The van der Waals surface area contributed by atoms with Gasteiger partial charge in [-0.25, -0.2) is 0 Å². The van der Waals surface area contributed by atoms with E-state index in [1.807, 2.05) is 6.92 Å². The van der Waals surface area contributed by atoms with Crippen molar-refractivity contribution in [3.63, 3.8) is 0 Å². The Morgan fingerprint density at radius 2 is 1.67 bits per heavy atom. The molecule has 0 spiro atoms. The Balaban J connectivity index is 0.00000400. The molecular formula is C17H28LiN3. The van der Waals surface area contributed by atoms with Gasteiger partial charge in [0.25, 0.3) is 0 Å². The maximum Gasteiger partial charge on any atom is 1.00 e. The molecule has 0 saturated heterocycles. The Hall–Kier alpha value is -0.783. The molecule has 1 aromatic heterocycles. The van der Waals surface area contributed by atoms with Crippen molar-refractivity contribution in [3.05, 3.63) is 29.1 Å². The topological polar surface area (TPSA) is 40.5 Å². The van der Waals surface area contributed by atoms with E-state index >= 15 is 0 Å². The number of azo groups is 1. The molecular weight excluding hydrogens is 253 g/mol. The van der Waals surface area contributed by atoms with E-state index in [9.17, 15) is 0 Å². The molecule has 0 saturated carbocycles. The van der Waals surface area contributed by atoms with Crippen molar-refractivity contribution in [1.82, 2.24) is 4.98 Å². The van der Waals surface area contributed by atoms with Crippen LogP contribution in [0.3, 0.4) is 0 Å². The van der Waals surface area contributed by atoms with Gasteiger partial charge >= 0.3 is 18.9 Å². The summed E-state index contributed by atoms with van der Waals surface area (Å²) in [6, 6.07) is 0. The predicted octanol–water partition coefficient (Wildman–Crippen LogP) is 2.39. The maximum absolute atomic E-state index is 6.08. The third kappa shape index (κ3) is 5.85. The smallest absolute Gasteiger partial charge is 0.380 e. The van der Waals surface area contributed by atoms with Crippen molar-refractivity contribution >= 4 is 5.70 Å². The summed E-state index contributed by atoms with van der Waals surface area (Å²) in [4.78, 5) is 3.29. The second kappa shape index (κ2) is 10.0. The molecule has 1 rings (SSSR count). The number of H-pyrrole nitrogens is 1. The molecule has 0 bridgehead atoms. The number of rotatable bonds is 8. The largest absolute Gasteiger partial charge is 1.00 e. The van der Waals surface area contributed by atoms with Gasteiger partial charge in [-0.15, -0.1) is 11.1 Å². The zero-order valence-corrected chi connectivity index (χ0v) is 14.6. The van der Waals surface area contributed by atoms with Crippen LogP contribution >= 0.6 is 0 Å². The number of hydrogen-bond donors (Lipinski definition) is 1. The van der Waals surface area contributed by atoms with Gasteiger partial charge in [0.1, 0.15) is 0 Å². The monoisotopic (exact) mass is 281 g/mol. The molecule has 0 radical (unpaired) electrons. The van der Waals surface area contributed by atoms with Gasteiger partial charge in [0, 0.05) is 0 Å². The van der Waals surface area contributed by atoms with Crippen molar-refractivity contribution in [1.29, 1.82) is 0 Å². The third-order valence-electron chi connectivity index (χ3n) is 3.86. The molecule has 112 valence electrons. The average Bonchev–Trinajstić information content (AvgIpc) is 2.63. The quantitative estimate of drug-likeness (QED) is 0.432. The van der Waals surface area contributed by atoms with Gasteiger partial charge in [0.15, 0.2) is 0 Å². The number of aromatic amines is 1. The fourth-order valence-electron chi connectivity index (χ4n) is 2.72. The number of nitrogens with zero attached hydrogens (tertiary/aromatic N) is 2. The van der Waals surface area contributed by atoms with Crippen LogP contribution in [0.2, 0.25) is 0 Å². The molecule has 0 aliphatic carbocycles. The zero-order valence-electron chi connectivity index (χ0n) is 14.6. The first-order valence-corrected chi connectivity index (χ1v) is 7.67. The molecule has 3 nitrogen and oxygen atoms in total. The molecule has 21 heavy (non-hydrogen) atoms. The Kier molecular flexibility index (Phi) is 9.66. The Morgan fingerprint density at radius 3 is 2.10 bits per heavy atom. The van der Waals surface area contributed by atoms with E-state index in [-0.39, 0.29) is 18.9 Å². The minimum Gasteiger partial charge on any atom is -0.380 e. The van der Waals surface area contributed by atoms with Gasteiger partial charge in [-0.1, -0.05) is 45.0 Å². The summed E-state index contributed by atoms with van der Waals surface area (Å²) in [6.07, 6.45) is 4.84. The first-order chi connectivity index (χ1) is 9.51. The number of aryl methyl sites for hydroxylation is 2. The maximum atomic E-state index is 6.08. The molecule has 1 heterocycles. The van der Waals surface area contributed by atoms with Gasteiger partial charge in [-0.05, 0) is 38.3 Å². The molecule has 0 aromatic carbocycles. The van der Waals surface area contributed by atoms with Gasteiger partial charge in [-0.2, -0.15) is 10.2 Å². The number of nitrogens with one attached hydrogen (secondary N) is 1. The summed E-state index contributed by atoms with van der Waals surface area (Å²) >= 11 is 0. The fraction of sp³-hybridized carbons (Fsp3) is 0.647. The van der Waals surface area contributed by atoms with Crippen LogP contribution in [0.25, 0.3) is 5.70 Å². The van der Waals surface area contributed by atoms with Gasteiger partial charge < -0.3 is 4.98 Å². The molecule has 0 aliphatic rings. The van der Waals surface area contributed by atoms with E-state index in [4.69, 9.17) is 6.58 Å². The van der Waals surface area contributed by atoms with Crippen molar-refractivity contribution < 1.29 is 18.9 Å². The van der Waals surface area contributed by atoms with Gasteiger partial charge in [0.05, 0.1) is 6.54 Å². The van der Waals surface area contributed by atoms with E-state index in [1.54, 1.807) is 0 Å². The van der Waals surface area contributed by atoms with Crippen LogP contribution in [-0.2, 0) is 0 Å². The van der Waals surface area contributed by atoms with Crippen LogP contribution in [0.5, 0.6) is 0 Å². The van der Waals surface area contributed by atoms with Crippen LogP contribution < -0.4 is 18.9 Å². The van der Waals surface area contributed by atoms with E-state index in [0.29, 0.717) is 11.6 Å². The van der Waals surface area contributed by atoms with Crippen LogP contribution in [-0.4, -0.2) is 11.5 Å². The first-order valence-electron chi connectivity index (χ1n) is 7.67. The van der Waals surface area contributed by atoms with Crippen molar-refractivity contribution in [2.45, 2.75) is 60.3 Å². The van der Waals surface area contributed by atoms with Crippen molar-refractivity contribution in [2.24, 2.45) is 16.1 Å². The van der Waals surface area contributed by atoms with Crippen molar-refractivity contribution in [3.8, 4) is 0 Å². The summed E-state index contributed by atoms with van der Waals surface area (Å²) < 4.78 is 0. The first kappa shape index (κ1) is 20.2. The molecule has 0 fully saturated rings. The molecule has 4 heteroatoms. The minimum atomic E-state index is 0. The normalized spacial score (nSPS) is 11.1. The SMILES string of the molecule is [CH-]=C(N=NCC(CCC)CCC)c1c(C)[nH]c(C)c1C.[Li+]. The van der Waals surface area contributed by atoms with Crippen molar-refractivity contribution in [2.75, 3.05) is 6.54 Å². The summed E-state index contributed by atoms with van der Waals surface area (Å²) in [6.45, 7) is 17.4. The van der Waals surface area contributed by atoms with Crippen LogP contribution in [0.1, 0.15) is 62.0 Å². The molecule has 1 N–H and O–H groups in total. The molecule has 0 aliphatic heterocycles. The fourth-order valence-corrected chi connectivity index (χ4v) is 2.72. The number of hydrogen-bond acceptors (Lipinski definition) is 2. The molecule has 0 amide bonds. The molecule has 1 aromatic rings. The summed E-state index contributed by atoms with van der Waals surface area (Å²) in [7, 11) is 0. The van der Waals surface area contributed by atoms with Gasteiger partial charge in [-0.3, -0.25) is 6.58 Å². The predicted molar refractivity (Wildman–Crippen MR) is 85.7 cm³/mol. The molecule has 0 atom stereocenters. The Labute approximate surface area is 141 Å². The standard InChI is InChI=1S/C17H28N3.Li/c1-7-9-16(10-8-2)11-18-20-15(6)17-12(3)13(4)19-14(17)5;/h6,16,19H,7-11H2,1-5H3;/q-1;+1. The summed E-state index contributed by atoms with van der Waals surface area (Å²) in [5.74, 6) is 0.636. The number of aromatic nitrogens is 1. The summed E-state index contributed by atoms with van der Waals surface area (Å²) in [5, 5.41) is 8.56. The van der Waals surface area contributed by atoms with Crippen LogP contribution in [0, 0.1) is 33.3 Å². The third-order valence-corrected chi connectivity index (χ3v) is 3.86. The Morgan fingerprint density at radius 1 is 1.10 bits per heavy atom. The van der Waals surface area contributed by atoms with E-state index in [0.717, 1.165) is 29.1 Å². The van der Waals surface area contributed by atoms with E-state index in [1.165, 1.54) is 25.7 Å². The second-order valence-corrected chi connectivity index (χ2v) is 5.63. The van der Waals surface area contributed by atoms with Gasteiger partial charge in [0.2, 0.25) is 0 Å². The summed E-state index contributed by atoms with van der Waals surface area (Å²) in [5.41, 5.74) is 4.91. The zero-order chi connectivity index (χ0) is 15.1.